The largest absolute Gasteiger partial charge is 0.392 e. The van der Waals surface area contributed by atoms with Gasteiger partial charge in [0.15, 0.2) is 5.78 Å². The Hall–Kier alpha value is -0.900. The second kappa shape index (κ2) is 5.83. The van der Waals surface area contributed by atoms with E-state index in [2.05, 4.69) is 0 Å². The van der Waals surface area contributed by atoms with Crippen molar-refractivity contribution in [3.8, 4) is 0 Å². The molecule has 1 fully saturated rings. The van der Waals surface area contributed by atoms with Crippen molar-refractivity contribution in [2.45, 2.75) is 19.4 Å². The van der Waals surface area contributed by atoms with Crippen molar-refractivity contribution in [1.29, 1.82) is 0 Å². The predicted molar refractivity (Wildman–Crippen MR) is 72.0 cm³/mol. The van der Waals surface area contributed by atoms with E-state index in [9.17, 15) is 9.90 Å². The van der Waals surface area contributed by atoms with Crippen LogP contribution in [0.3, 0.4) is 0 Å². The maximum Gasteiger partial charge on any atom is 0.176 e. The molecule has 2 unspecified atom stereocenters. The number of nitrogens with zero attached hydrogens (tertiary/aromatic N) is 1. The van der Waals surface area contributed by atoms with Gasteiger partial charge in [-0.2, -0.15) is 0 Å². The standard InChI is InChI=1S/C14H18ClNO2/c1-10-5-6-16(8-13(10)17)9-14(18)11-3-2-4-12(15)7-11/h2-4,7,10,13,17H,5-6,8-9H2,1H3. The Kier molecular flexibility index (Phi) is 4.38. The Morgan fingerprint density at radius 1 is 1.56 bits per heavy atom. The average molecular weight is 268 g/mol. The summed E-state index contributed by atoms with van der Waals surface area (Å²) in [4.78, 5) is 14.1. The normalized spacial score (nSPS) is 25.1. The van der Waals surface area contributed by atoms with E-state index in [1.807, 2.05) is 11.8 Å². The van der Waals surface area contributed by atoms with Gasteiger partial charge in [-0.25, -0.2) is 0 Å². The topological polar surface area (TPSA) is 40.5 Å². The summed E-state index contributed by atoms with van der Waals surface area (Å²) in [6, 6.07) is 7.00. The molecule has 2 rings (SSSR count). The van der Waals surface area contributed by atoms with Gasteiger partial charge < -0.3 is 5.11 Å². The number of benzene rings is 1. The Morgan fingerprint density at radius 2 is 2.33 bits per heavy atom. The highest BCUT2D eigenvalue weighted by molar-refractivity contribution is 6.31. The number of ketones is 1. The molecule has 0 aliphatic carbocycles. The minimum atomic E-state index is -0.328. The van der Waals surface area contributed by atoms with Gasteiger partial charge in [0.1, 0.15) is 0 Å². The molecule has 4 heteroatoms. The highest BCUT2D eigenvalue weighted by atomic mass is 35.5. The lowest BCUT2D eigenvalue weighted by atomic mass is 9.95. The molecule has 3 nitrogen and oxygen atoms in total. The molecular formula is C14H18ClNO2. The second-order valence-corrected chi connectivity index (χ2v) is 5.44. The molecule has 0 amide bonds. The molecule has 1 saturated heterocycles. The number of β-amino-alcohol motifs (C(OH)–C–C–N with tert-alkyl or cyclic N) is 1. The molecule has 1 aliphatic rings. The Labute approximate surface area is 112 Å². The van der Waals surface area contributed by atoms with Crippen molar-refractivity contribution in [2.75, 3.05) is 19.6 Å². The number of carbonyl (C=O) groups excluding carboxylic acids is 1. The van der Waals surface area contributed by atoms with Gasteiger partial charge in [-0.15, -0.1) is 0 Å². The lowest BCUT2D eigenvalue weighted by Gasteiger charge is -2.33. The molecule has 0 aromatic heterocycles. The van der Waals surface area contributed by atoms with Crippen LogP contribution in [0.2, 0.25) is 5.02 Å². The second-order valence-electron chi connectivity index (χ2n) is 5.00. The monoisotopic (exact) mass is 267 g/mol. The SMILES string of the molecule is CC1CCN(CC(=O)c2cccc(Cl)c2)CC1O. The Bertz CT molecular complexity index is 436. The average Bonchev–Trinajstić information content (AvgIpc) is 2.34. The fraction of sp³-hybridized carbons (Fsp3) is 0.500. The van der Waals surface area contributed by atoms with E-state index in [4.69, 9.17) is 11.6 Å². The van der Waals surface area contributed by atoms with Crippen LogP contribution in [0.25, 0.3) is 0 Å². The van der Waals surface area contributed by atoms with Crippen molar-refractivity contribution < 1.29 is 9.90 Å². The summed E-state index contributed by atoms with van der Waals surface area (Å²) in [6.07, 6.45) is 0.607. The van der Waals surface area contributed by atoms with Crippen LogP contribution in [0.1, 0.15) is 23.7 Å². The van der Waals surface area contributed by atoms with E-state index in [-0.39, 0.29) is 11.9 Å². The van der Waals surface area contributed by atoms with Crippen LogP contribution < -0.4 is 0 Å². The van der Waals surface area contributed by atoms with Crippen LogP contribution in [0.4, 0.5) is 0 Å². The summed E-state index contributed by atoms with van der Waals surface area (Å²) in [5.41, 5.74) is 0.635. The van der Waals surface area contributed by atoms with E-state index in [0.717, 1.165) is 13.0 Å². The number of piperidine rings is 1. The van der Waals surface area contributed by atoms with Crippen LogP contribution >= 0.6 is 11.6 Å². The third kappa shape index (κ3) is 3.31. The minimum absolute atomic E-state index is 0.0549. The van der Waals surface area contributed by atoms with Gasteiger partial charge in [0, 0.05) is 17.1 Å². The summed E-state index contributed by atoms with van der Waals surface area (Å²) >= 11 is 5.87. The minimum Gasteiger partial charge on any atom is -0.392 e. The number of Topliss-reactive ketones (excluding diaryl/α,β-unsaturated/α-hetero) is 1. The van der Waals surface area contributed by atoms with Crippen molar-refractivity contribution in [3.63, 3.8) is 0 Å². The number of aliphatic hydroxyl groups excluding tert-OH is 1. The molecule has 1 aromatic carbocycles. The first-order chi connectivity index (χ1) is 8.56. The van der Waals surface area contributed by atoms with Gasteiger partial charge in [0.2, 0.25) is 0 Å². The van der Waals surface area contributed by atoms with Crippen LogP contribution in [-0.4, -0.2) is 41.5 Å². The van der Waals surface area contributed by atoms with Gasteiger partial charge in [-0.05, 0) is 31.0 Å². The molecule has 1 heterocycles. The van der Waals surface area contributed by atoms with Crippen LogP contribution in [-0.2, 0) is 0 Å². The molecule has 0 saturated carbocycles. The van der Waals surface area contributed by atoms with Crippen molar-refractivity contribution in [2.24, 2.45) is 5.92 Å². The lowest BCUT2D eigenvalue weighted by molar-refractivity contribution is 0.0295. The maximum atomic E-state index is 12.1. The molecule has 2 atom stereocenters. The summed E-state index contributed by atoms with van der Waals surface area (Å²) in [6.45, 7) is 3.84. The molecule has 18 heavy (non-hydrogen) atoms. The zero-order valence-electron chi connectivity index (χ0n) is 10.5. The quantitative estimate of drug-likeness (QED) is 0.854. The van der Waals surface area contributed by atoms with E-state index in [1.165, 1.54) is 0 Å². The highest BCUT2D eigenvalue weighted by Gasteiger charge is 2.25. The summed E-state index contributed by atoms with van der Waals surface area (Å²) in [7, 11) is 0. The van der Waals surface area contributed by atoms with Gasteiger partial charge in [-0.3, -0.25) is 9.69 Å². The third-order valence-corrected chi connectivity index (χ3v) is 3.75. The number of halogens is 1. The zero-order chi connectivity index (χ0) is 13.1. The molecule has 0 bridgehead atoms. The van der Waals surface area contributed by atoms with Crippen molar-refractivity contribution >= 4 is 17.4 Å². The van der Waals surface area contributed by atoms with Gasteiger partial charge in [-0.1, -0.05) is 30.7 Å². The maximum absolute atomic E-state index is 12.1. The first kappa shape index (κ1) is 13.5. The van der Waals surface area contributed by atoms with Crippen molar-refractivity contribution in [1.82, 2.24) is 4.90 Å². The Morgan fingerprint density at radius 3 is 3.00 bits per heavy atom. The third-order valence-electron chi connectivity index (χ3n) is 3.52. The molecule has 0 spiro atoms. The molecule has 1 aromatic rings. The van der Waals surface area contributed by atoms with Crippen LogP contribution in [0, 0.1) is 5.92 Å². The first-order valence-corrected chi connectivity index (χ1v) is 6.63. The summed E-state index contributed by atoms with van der Waals surface area (Å²) in [5.74, 6) is 0.377. The van der Waals surface area contributed by atoms with E-state index in [0.29, 0.717) is 29.6 Å². The number of carbonyl (C=O) groups is 1. The van der Waals surface area contributed by atoms with Gasteiger partial charge >= 0.3 is 0 Å². The molecule has 1 aliphatic heterocycles. The van der Waals surface area contributed by atoms with E-state index >= 15 is 0 Å². The molecule has 1 N–H and O–H groups in total. The first-order valence-electron chi connectivity index (χ1n) is 6.25. The summed E-state index contributed by atoms with van der Waals surface area (Å²) in [5, 5.41) is 10.4. The van der Waals surface area contributed by atoms with Crippen molar-refractivity contribution in [3.05, 3.63) is 34.9 Å². The molecule has 98 valence electrons. The number of aliphatic hydroxyl groups is 1. The Balaban J connectivity index is 1.96. The number of hydrogen-bond acceptors (Lipinski definition) is 3. The summed E-state index contributed by atoms with van der Waals surface area (Å²) < 4.78 is 0. The van der Waals surface area contributed by atoms with Crippen LogP contribution in [0.15, 0.2) is 24.3 Å². The highest BCUT2D eigenvalue weighted by Crippen LogP contribution is 2.18. The molecule has 0 radical (unpaired) electrons. The number of hydrogen-bond donors (Lipinski definition) is 1. The van der Waals surface area contributed by atoms with Gasteiger partial charge in [0.25, 0.3) is 0 Å². The van der Waals surface area contributed by atoms with E-state index in [1.54, 1.807) is 24.3 Å². The predicted octanol–water partition coefficient (Wildman–Crippen LogP) is 2.23. The zero-order valence-corrected chi connectivity index (χ0v) is 11.2. The fourth-order valence-electron chi connectivity index (χ4n) is 2.21. The van der Waals surface area contributed by atoms with Crippen LogP contribution in [0.5, 0.6) is 0 Å². The fourth-order valence-corrected chi connectivity index (χ4v) is 2.40. The smallest absolute Gasteiger partial charge is 0.176 e. The lowest BCUT2D eigenvalue weighted by Crippen LogP contribution is -2.44. The number of likely N-dealkylation sites (tertiary alicyclic amines) is 1. The molecular weight excluding hydrogens is 250 g/mol. The van der Waals surface area contributed by atoms with Gasteiger partial charge in [0.05, 0.1) is 12.6 Å². The van der Waals surface area contributed by atoms with E-state index < -0.39 is 0 Å². The number of rotatable bonds is 3.